The molecule has 3 aromatic rings. The molecule has 22 heavy (non-hydrogen) atoms. The molecule has 0 atom stereocenters. The van der Waals surface area contributed by atoms with Gasteiger partial charge in [0.2, 0.25) is 0 Å². The Balaban J connectivity index is 1.56. The summed E-state index contributed by atoms with van der Waals surface area (Å²) in [5.41, 5.74) is 3.08. The Hall–Kier alpha value is -2.40. The molecule has 0 saturated carbocycles. The topological polar surface area (TPSA) is 38.1 Å². The first-order chi connectivity index (χ1) is 10.8. The summed E-state index contributed by atoms with van der Waals surface area (Å²) in [5.74, 6) is 0.0813. The number of rotatable bonds is 3. The summed E-state index contributed by atoms with van der Waals surface area (Å²) in [6, 6.07) is 9.96. The van der Waals surface area contributed by atoms with Gasteiger partial charge in [-0.1, -0.05) is 6.07 Å². The smallest absolute Gasteiger partial charge is 0.271 e. The third kappa shape index (κ3) is 2.33. The quantitative estimate of drug-likeness (QED) is 0.745. The van der Waals surface area contributed by atoms with E-state index in [0.29, 0.717) is 13.1 Å². The highest BCUT2D eigenvalue weighted by Gasteiger charge is 2.25. The molecule has 0 N–H and O–H groups in total. The molecule has 4 nitrogen and oxygen atoms in total. The first-order valence-corrected chi connectivity index (χ1v) is 8.08. The molecule has 0 unspecified atom stereocenters. The van der Waals surface area contributed by atoms with E-state index in [1.54, 1.807) is 17.5 Å². The molecule has 110 valence electrons. The van der Waals surface area contributed by atoms with Crippen LogP contribution in [0.1, 0.15) is 26.5 Å². The SMILES string of the molecule is O=C(c1cccn1Cc1cccs1)N1Cc2ccncc2C1. The van der Waals surface area contributed by atoms with Gasteiger partial charge in [-0.2, -0.15) is 0 Å². The van der Waals surface area contributed by atoms with Crippen molar-refractivity contribution in [2.75, 3.05) is 0 Å². The number of carbonyl (C=O) groups is 1. The maximum Gasteiger partial charge on any atom is 0.271 e. The van der Waals surface area contributed by atoms with Gasteiger partial charge < -0.3 is 9.47 Å². The highest BCUT2D eigenvalue weighted by molar-refractivity contribution is 7.09. The molecule has 1 aliphatic heterocycles. The fraction of sp³-hybridized carbons (Fsp3) is 0.176. The van der Waals surface area contributed by atoms with Crippen LogP contribution in [0, 0.1) is 0 Å². The Bertz CT molecular complexity index is 782. The van der Waals surface area contributed by atoms with E-state index < -0.39 is 0 Å². The molecule has 0 aliphatic carbocycles. The molecule has 0 saturated heterocycles. The van der Waals surface area contributed by atoms with Gasteiger partial charge in [-0.25, -0.2) is 0 Å². The summed E-state index contributed by atoms with van der Waals surface area (Å²) >= 11 is 1.71. The van der Waals surface area contributed by atoms with E-state index in [4.69, 9.17) is 0 Å². The van der Waals surface area contributed by atoms with Gasteiger partial charge in [0.25, 0.3) is 5.91 Å². The molecular formula is C17H15N3OS. The maximum atomic E-state index is 12.8. The van der Waals surface area contributed by atoms with Crippen molar-refractivity contribution >= 4 is 17.2 Å². The van der Waals surface area contributed by atoms with Crippen LogP contribution in [0.2, 0.25) is 0 Å². The van der Waals surface area contributed by atoms with Crippen LogP contribution in [0.15, 0.2) is 54.3 Å². The molecule has 1 aliphatic rings. The summed E-state index contributed by atoms with van der Waals surface area (Å²) in [6.45, 7) is 2.06. The predicted molar refractivity (Wildman–Crippen MR) is 85.7 cm³/mol. The maximum absolute atomic E-state index is 12.8. The third-order valence-corrected chi connectivity index (χ3v) is 4.83. The van der Waals surface area contributed by atoms with Crippen LogP contribution < -0.4 is 0 Å². The van der Waals surface area contributed by atoms with E-state index in [0.717, 1.165) is 17.8 Å². The number of hydrogen-bond donors (Lipinski definition) is 0. The molecule has 0 radical (unpaired) electrons. The minimum atomic E-state index is 0.0813. The van der Waals surface area contributed by atoms with Crippen molar-refractivity contribution in [1.29, 1.82) is 0 Å². The lowest BCUT2D eigenvalue weighted by atomic mass is 10.2. The first kappa shape index (κ1) is 13.3. The molecule has 0 fully saturated rings. The Morgan fingerprint density at radius 2 is 2.09 bits per heavy atom. The molecule has 5 heteroatoms. The molecule has 4 rings (SSSR count). The summed E-state index contributed by atoms with van der Waals surface area (Å²) in [7, 11) is 0. The lowest BCUT2D eigenvalue weighted by Crippen LogP contribution is -2.27. The van der Waals surface area contributed by atoms with Crippen molar-refractivity contribution in [2.45, 2.75) is 19.6 Å². The van der Waals surface area contributed by atoms with Crippen molar-refractivity contribution in [2.24, 2.45) is 0 Å². The highest BCUT2D eigenvalue weighted by atomic mass is 32.1. The van der Waals surface area contributed by atoms with Gasteiger partial charge in [0.05, 0.1) is 6.54 Å². The lowest BCUT2D eigenvalue weighted by Gasteiger charge is -2.17. The van der Waals surface area contributed by atoms with Gasteiger partial charge in [-0.05, 0) is 40.8 Å². The Labute approximate surface area is 132 Å². The van der Waals surface area contributed by atoms with Gasteiger partial charge >= 0.3 is 0 Å². The van der Waals surface area contributed by atoms with Crippen LogP contribution in [0.4, 0.5) is 0 Å². The van der Waals surface area contributed by atoms with E-state index in [-0.39, 0.29) is 5.91 Å². The zero-order chi connectivity index (χ0) is 14.9. The van der Waals surface area contributed by atoms with Gasteiger partial charge in [-0.15, -0.1) is 11.3 Å². The van der Waals surface area contributed by atoms with Crippen LogP contribution in [-0.4, -0.2) is 20.4 Å². The van der Waals surface area contributed by atoms with Crippen LogP contribution in [-0.2, 0) is 19.6 Å². The number of aromatic nitrogens is 2. The second-order valence-electron chi connectivity index (χ2n) is 5.41. The van der Waals surface area contributed by atoms with Gasteiger partial charge in [0.15, 0.2) is 0 Å². The van der Waals surface area contributed by atoms with Gasteiger partial charge in [0.1, 0.15) is 5.69 Å². The average molecular weight is 309 g/mol. The monoisotopic (exact) mass is 309 g/mol. The van der Waals surface area contributed by atoms with Crippen LogP contribution in [0.5, 0.6) is 0 Å². The molecular weight excluding hydrogens is 294 g/mol. The third-order valence-electron chi connectivity index (χ3n) is 3.97. The van der Waals surface area contributed by atoms with E-state index in [2.05, 4.69) is 16.4 Å². The van der Waals surface area contributed by atoms with Gasteiger partial charge in [0, 0.05) is 36.6 Å². The van der Waals surface area contributed by atoms with Crippen molar-refractivity contribution < 1.29 is 4.79 Å². The minimum Gasteiger partial charge on any atom is -0.338 e. The van der Waals surface area contributed by atoms with Crippen molar-refractivity contribution in [1.82, 2.24) is 14.5 Å². The molecule has 0 aromatic carbocycles. The molecule has 1 amide bonds. The zero-order valence-electron chi connectivity index (χ0n) is 12.0. The first-order valence-electron chi connectivity index (χ1n) is 7.20. The van der Waals surface area contributed by atoms with Crippen LogP contribution in [0.3, 0.4) is 0 Å². The predicted octanol–water partition coefficient (Wildman–Crippen LogP) is 3.15. The van der Waals surface area contributed by atoms with Crippen LogP contribution >= 0.6 is 11.3 Å². The molecule has 3 aromatic heterocycles. The van der Waals surface area contributed by atoms with Crippen LogP contribution in [0.25, 0.3) is 0 Å². The number of fused-ring (bicyclic) bond motifs is 1. The highest BCUT2D eigenvalue weighted by Crippen LogP contribution is 2.24. The van der Waals surface area contributed by atoms with E-state index in [1.165, 1.54) is 10.4 Å². The largest absolute Gasteiger partial charge is 0.338 e. The van der Waals surface area contributed by atoms with E-state index >= 15 is 0 Å². The van der Waals surface area contributed by atoms with E-state index in [1.807, 2.05) is 46.1 Å². The molecule has 0 spiro atoms. The average Bonchev–Trinajstić information content (AvgIpc) is 3.27. The van der Waals surface area contributed by atoms with Gasteiger partial charge in [-0.3, -0.25) is 9.78 Å². The van der Waals surface area contributed by atoms with Crippen molar-refractivity contribution in [3.8, 4) is 0 Å². The summed E-state index contributed by atoms with van der Waals surface area (Å²) in [4.78, 5) is 20.1. The number of hydrogen-bond acceptors (Lipinski definition) is 3. The number of amides is 1. The second kappa shape index (κ2) is 5.42. The Morgan fingerprint density at radius 3 is 2.91 bits per heavy atom. The van der Waals surface area contributed by atoms with E-state index in [9.17, 15) is 4.79 Å². The fourth-order valence-electron chi connectivity index (χ4n) is 2.84. The number of pyridine rings is 1. The zero-order valence-corrected chi connectivity index (χ0v) is 12.8. The Morgan fingerprint density at radius 1 is 1.18 bits per heavy atom. The number of carbonyl (C=O) groups excluding carboxylic acids is 1. The standard InChI is InChI=1S/C17H15N3OS/c21-17(20-10-13-5-6-18-9-14(13)11-20)16-4-1-7-19(16)12-15-3-2-8-22-15/h1-9H,10-12H2. The normalized spacial score (nSPS) is 13.4. The summed E-state index contributed by atoms with van der Waals surface area (Å²) in [5, 5.41) is 2.06. The summed E-state index contributed by atoms with van der Waals surface area (Å²) in [6.07, 6.45) is 5.61. The van der Waals surface area contributed by atoms with Crippen molar-refractivity contribution in [3.63, 3.8) is 0 Å². The minimum absolute atomic E-state index is 0.0813. The summed E-state index contributed by atoms with van der Waals surface area (Å²) < 4.78 is 2.02. The number of thiophene rings is 1. The second-order valence-corrected chi connectivity index (χ2v) is 6.44. The van der Waals surface area contributed by atoms with Crippen molar-refractivity contribution in [3.05, 3.63) is 76.0 Å². The Kier molecular flexibility index (Phi) is 3.27. The lowest BCUT2D eigenvalue weighted by molar-refractivity contribution is 0.0741. The molecule has 4 heterocycles. The number of nitrogens with zero attached hydrogens (tertiary/aromatic N) is 3. The molecule has 0 bridgehead atoms. The fourth-order valence-corrected chi connectivity index (χ4v) is 3.54.